The molecule has 0 unspecified atom stereocenters. The molecule has 0 spiro atoms. The fourth-order valence-electron chi connectivity index (χ4n) is 4.99. The summed E-state index contributed by atoms with van der Waals surface area (Å²) < 4.78 is 13.4. The van der Waals surface area contributed by atoms with Crippen LogP contribution in [0.4, 0.5) is 10.1 Å². The van der Waals surface area contributed by atoms with Gasteiger partial charge in [0, 0.05) is 35.2 Å². The van der Waals surface area contributed by atoms with Crippen molar-refractivity contribution < 1.29 is 14.3 Å². The van der Waals surface area contributed by atoms with Crippen molar-refractivity contribution in [2.75, 3.05) is 18.5 Å². The van der Waals surface area contributed by atoms with E-state index in [0.717, 1.165) is 49.0 Å². The summed E-state index contributed by atoms with van der Waals surface area (Å²) >= 11 is 0. The molecule has 3 atom stereocenters. The fraction of sp³-hybridized carbons (Fsp3) is 0.400. The molecule has 0 radical (unpaired) electrons. The largest absolute Gasteiger partial charge is 0.394 e. The van der Waals surface area contributed by atoms with Crippen LogP contribution in [0.15, 0.2) is 42.5 Å². The normalized spacial score (nSPS) is 24.7. The van der Waals surface area contributed by atoms with Gasteiger partial charge in [0.1, 0.15) is 5.82 Å². The lowest BCUT2D eigenvalue weighted by Gasteiger charge is -2.41. The van der Waals surface area contributed by atoms with Crippen LogP contribution in [-0.4, -0.2) is 35.1 Å². The Balaban J connectivity index is 1.49. The van der Waals surface area contributed by atoms with Crippen molar-refractivity contribution in [2.24, 2.45) is 11.8 Å². The molecule has 1 saturated heterocycles. The minimum atomic E-state index is -0.301. The van der Waals surface area contributed by atoms with E-state index in [-0.39, 0.29) is 42.3 Å². The highest BCUT2D eigenvalue weighted by atomic mass is 19.1. The molecular formula is C25H25FN2O2. The first-order chi connectivity index (χ1) is 14.6. The molecule has 2 N–H and O–H groups in total. The Hall–Kier alpha value is -2.84. The predicted octanol–water partition coefficient (Wildman–Crippen LogP) is 3.70. The third kappa shape index (κ3) is 3.36. The van der Waals surface area contributed by atoms with Crippen molar-refractivity contribution in [3.05, 3.63) is 65.0 Å². The summed E-state index contributed by atoms with van der Waals surface area (Å²) in [7, 11) is 0. The van der Waals surface area contributed by atoms with Gasteiger partial charge in [-0.2, -0.15) is 0 Å². The fourth-order valence-corrected chi connectivity index (χ4v) is 4.99. The van der Waals surface area contributed by atoms with E-state index < -0.39 is 0 Å². The quantitative estimate of drug-likeness (QED) is 0.751. The maximum absolute atomic E-state index is 13.4. The van der Waals surface area contributed by atoms with Gasteiger partial charge in [-0.05, 0) is 61.2 Å². The number of nitrogens with zero attached hydrogens (tertiary/aromatic N) is 1. The number of likely N-dealkylation sites (tertiary alicyclic amines) is 1. The van der Waals surface area contributed by atoms with E-state index in [1.54, 1.807) is 12.1 Å². The van der Waals surface area contributed by atoms with Crippen molar-refractivity contribution in [1.82, 2.24) is 4.90 Å². The maximum atomic E-state index is 13.4. The number of amides is 1. The van der Waals surface area contributed by atoms with Crippen LogP contribution in [0.3, 0.4) is 0 Å². The Morgan fingerprint density at radius 2 is 1.93 bits per heavy atom. The van der Waals surface area contributed by atoms with E-state index in [0.29, 0.717) is 5.56 Å². The Bertz CT molecular complexity index is 1040. The van der Waals surface area contributed by atoms with Crippen LogP contribution in [0.25, 0.3) is 0 Å². The summed E-state index contributed by atoms with van der Waals surface area (Å²) in [6.45, 7) is 0.786. The van der Waals surface area contributed by atoms with Crippen LogP contribution < -0.4 is 5.32 Å². The van der Waals surface area contributed by atoms with Gasteiger partial charge in [0.25, 0.3) is 0 Å². The highest BCUT2D eigenvalue weighted by molar-refractivity contribution is 5.81. The Kier molecular flexibility index (Phi) is 4.96. The lowest BCUT2D eigenvalue weighted by atomic mass is 9.81. The first-order valence-electron chi connectivity index (χ1n) is 10.7. The molecule has 2 fully saturated rings. The van der Waals surface area contributed by atoms with E-state index in [1.807, 2.05) is 23.1 Å². The third-order valence-electron chi connectivity index (χ3n) is 6.78. The van der Waals surface area contributed by atoms with Crippen molar-refractivity contribution in [2.45, 2.75) is 37.8 Å². The molecule has 1 amide bonds. The number of carbonyl (C=O) groups is 1. The first kappa shape index (κ1) is 19.1. The number of nitrogens with one attached hydrogen (secondary N) is 1. The topological polar surface area (TPSA) is 52.6 Å². The summed E-state index contributed by atoms with van der Waals surface area (Å²) in [4.78, 5) is 15.1. The van der Waals surface area contributed by atoms with E-state index in [4.69, 9.17) is 0 Å². The number of hydrogen-bond acceptors (Lipinski definition) is 3. The molecule has 0 aromatic heterocycles. The van der Waals surface area contributed by atoms with Crippen LogP contribution in [0.1, 0.15) is 48.4 Å². The van der Waals surface area contributed by atoms with Gasteiger partial charge >= 0.3 is 0 Å². The van der Waals surface area contributed by atoms with Gasteiger partial charge in [-0.15, -0.1) is 0 Å². The zero-order valence-electron chi connectivity index (χ0n) is 16.8. The predicted molar refractivity (Wildman–Crippen MR) is 113 cm³/mol. The van der Waals surface area contributed by atoms with Crippen molar-refractivity contribution in [3.63, 3.8) is 0 Å². The molecule has 4 nitrogen and oxygen atoms in total. The number of carbonyl (C=O) groups excluding carboxylic acids is 1. The zero-order chi connectivity index (χ0) is 20.7. The molecule has 5 rings (SSSR count). The second-order valence-electron chi connectivity index (χ2n) is 8.55. The first-order valence-corrected chi connectivity index (χ1v) is 10.7. The standard InChI is InChI=1S/C25H25FN2O2/c26-19-6-1-3-16(13-19)7-8-17-9-10-22-21(14-17)24-20(23(15-29)27-22)11-12-28(24)25(30)18-4-2-5-18/h1,3,6,9-10,13-14,18,20,23-24,27,29H,2,4-5,11-12,15H2/t20-,23-,24-/m0/s1. The van der Waals surface area contributed by atoms with Crippen LogP contribution in [0.5, 0.6) is 0 Å². The minimum Gasteiger partial charge on any atom is -0.394 e. The SMILES string of the molecule is O=C(C1CCC1)N1CC[C@H]2[C@H](CO)Nc3ccc(C#Cc4cccc(F)c4)cc3[C@H]21. The number of benzene rings is 2. The molecule has 2 aromatic rings. The summed E-state index contributed by atoms with van der Waals surface area (Å²) in [5.41, 5.74) is 3.50. The molecule has 30 heavy (non-hydrogen) atoms. The highest BCUT2D eigenvalue weighted by Gasteiger charge is 2.47. The molecule has 154 valence electrons. The second kappa shape index (κ2) is 7.77. The Labute approximate surface area is 176 Å². The number of aliphatic hydroxyl groups is 1. The maximum Gasteiger partial charge on any atom is 0.226 e. The van der Waals surface area contributed by atoms with Crippen LogP contribution in [0, 0.1) is 29.5 Å². The van der Waals surface area contributed by atoms with Crippen LogP contribution in [-0.2, 0) is 4.79 Å². The second-order valence-corrected chi connectivity index (χ2v) is 8.55. The van der Waals surface area contributed by atoms with E-state index in [9.17, 15) is 14.3 Å². The summed E-state index contributed by atoms with van der Waals surface area (Å²) in [5, 5.41) is 13.4. The minimum absolute atomic E-state index is 0.0255. The van der Waals surface area contributed by atoms with E-state index in [1.165, 1.54) is 12.1 Å². The van der Waals surface area contributed by atoms with Gasteiger partial charge < -0.3 is 15.3 Å². The molecule has 1 aliphatic carbocycles. The third-order valence-corrected chi connectivity index (χ3v) is 6.78. The van der Waals surface area contributed by atoms with Crippen LogP contribution in [0.2, 0.25) is 0 Å². The Morgan fingerprint density at radius 3 is 2.63 bits per heavy atom. The van der Waals surface area contributed by atoms with Gasteiger partial charge in [-0.25, -0.2) is 4.39 Å². The van der Waals surface area contributed by atoms with Gasteiger partial charge in [0.15, 0.2) is 0 Å². The molecule has 2 heterocycles. The number of aliphatic hydroxyl groups excluding tert-OH is 1. The number of hydrogen-bond donors (Lipinski definition) is 2. The molecule has 5 heteroatoms. The molecular weight excluding hydrogens is 379 g/mol. The van der Waals surface area contributed by atoms with Crippen LogP contribution >= 0.6 is 0 Å². The zero-order valence-corrected chi connectivity index (χ0v) is 16.8. The van der Waals surface area contributed by atoms with Crippen molar-refractivity contribution >= 4 is 11.6 Å². The van der Waals surface area contributed by atoms with E-state index in [2.05, 4.69) is 17.2 Å². The van der Waals surface area contributed by atoms with Gasteiger partial charge in [0.2, 0.25) is 5.91 Å². The number of rotatable bonds is 2. The average Bonchev–Trinajstić information content (AvgIpc) is 3.16. The molecule has 2 aliphatic heterocycles. The average molecular weight is 404 g/mol. The summed E-state index contributed by atoms with van der Waals surface area (Å²) in [6, 6.07) is 12.1. The highest BCUT2D eigenvalue weighted by Crippen LogP contribution is 2.48. The number of fused-ring (bicyclic) bond motifs is 3. The lowest BCUT2D eigenvalue weighted by Crippen LogP contribution is -2.45. The lowest BCUT2D eigenvalue weighted by molar-refractivity contribution is -0.139. The monoisotopic (exact) mass is 404 g/mol. The number of anilines is 1. The van der Waals surface area contributed by atoms with Gasteiger partial charge in [-0.1, -0.05) is 24.3 Å². The Morgan fingerprint density at radius 1 is 1.13 bits per heavy atom. The van der Waals surface area contributed by atoms with Crippen molar-refractivity contribution in [3.8, 4) is 11.8 Å². The smallest absolute Gasteiger partial charge is 0.226 e. The number of halogens is 1. The molecule has 2 aromatic carbocycles. The molecule has 0 bridgehead atoms. The molecule has 1 saturated carbocycles. The van der Waals surface area contributed by atoms with Crippen molar-refractivity contribution in [1.29, 1.82) is 0 Å². The molecule has 3 aliphatic rings. The summed E-state index contributed by atoms with van der Waals surface area (Å²) in [6.07, 6.45) is 4.00. The summed E-state index contributed by atoms with van der Waals surface area (Å²) in [5.74, 6) is 6.47. The van der Waals surface area contributed by atoms with E-state index >= 15 is 0 Å². The van der Waals surface area contributed by atoms with Gasteiger partial charge in [0.05, 0.1) is 18.7 Å². The van der Waals surface area contributed by atoms with Gasteiger partial charge in [-0.3, -0.25) is 4.79 Å².